The molecule has 1 aromatic heterocycles. The largest absolute Gasteiger partial charge is 0.390 e. The number of hydrogen-bond donors (Lipinski definition) is 3. The van der Waals surface area contributed by atoms with Crippen molar-refractivity contribution in [3.8, 4) is 6.07 Å². The molecule has 2 aliphatic carbocycles. The Bertz CT molecular complexity index is 1210. The van der Waals surface area contributed by atoms with Gasteiger partial charge in [0, 0.05) is 17.8 Å². The lowest BCUT2D eigenvalue weighted by molar-refractivity contribution is 0.259. The zero-order chi connectivity index (χ0) is 23.0. The summed E-state index contributed by atoms with van der Waals surface area (Å²) in [6.07, 6.45) is 5.14. The molecule has 1 unspecified atom stereocenters. The van der Waals surface area contributed by atoms with Crippen LogP contribution in [0.3, 0.4) is 0 Å². The molecule has 1 heterocycles. The fourth-order valence-corrected chi connectivity index (χ4v) is 5.96. The molecule has 0 fully saturated rings. The summed E-state index contributed by atoms with van der Waals surface area (Å²) in [7, 11) is -1.88. The molecule has 0 saturated carbocycles. The highest BCUT2D eigenvalue weighted by molar-refractivity contribution is 7.92. The Kier molecular flexibility index (Phi) is 6.07. The molecule has 0 radical (unpaired) electrons. The van der Waals surface area contributed by atoms with E-state index >= 15 is 0 Å². The highest BCUT2D eigenvalue weighted by Crippen LogP contribution is 2.41. The predicted octanol–water partition coefficient (Wildman–Crippen LogP) is 3.00. The summed E-state index contributed by atoms with van der Waals surface area (Å²) in [6.45, 7) is 3.53. The molecule has 9 nitrogen and oxygen atoms in total. The van der Waals surface area contributed by atoms with Gasteiger partial charge in [0.2, 0.25) is 0 Å². The van der Waals surface area contributed by atoms with Crippen LogP contribution in [0.15, 0.2) is 15.5 Å². The van der Waals surface area contributed by atoms with E-state index < -0.39 is 15.9 Å². The number of nitrogens with one attached hydrogen (secondary N) is 2. The average Bonchev–Trinajstić information content (AvgIpc) is 3.52. The van der Waals surface area contributed by atoms with Crippen molar-refractivity contribution in [1.82, 2.24) is 14.5 Å². The minimum atomic E-state index is -3.34. The Balaban J connectivity index is 1.74. The first-order chi connectivity index (χ1) is 15.3. The van der Waals surface area contributed by atoms with E-state index in [1.165, 1.54) is 13.1 Å². The van der Waals surface area contributed by atoms with Crippen LogP contribution >= 0.6 is 0 Å². The molecule has 4 rings (SSSR count). The van der Waals surface area contributed by atoms with E-state index in [-0.39, 0.29) is 17.7 Å². The molecule has 10 heteroatoms. The van der Waals surface area contributed by atoms with Gasteiger partial charge in [0.1, 0.15) is 0 Å². The van der Waals surface area contributed by atoms with Crippen LogP contribution in [0.2, 0.25) is 0 Å². The lowest BCUT2D eigenvalue weighted by Crippen LogP contribution is -2.23. The van der Waals surface area contributed by atoms with Crippen LogP contribution in [-0.2, 0) is 42.2 Å². The normalized spacial score (nSPS) is 16.4. The number of hydrogen-bond acceptors (Lipinski definition) is 5. The van der Waals surface area contributed by atoms with Gasteiger partial charge in [0.25, 0.3) is 0 Å². The summed E-state index contributed by atoms with van der Waals surface area (Å²) in [5.41, 5.74) is 6.08. The van der Waals surface area contributed by atoms with Crippen LogP contribution in [0.5, 0.6) is 0 Å². The molecule has 170 valence electrons. The number of aliphatic hydroxyl groups is 1. The number of aliphatic hydroxyl groups excluding tert-OH is 1. The van der Waals surface area contributed by atoms with E-state index in [4.69, 9.17) is 0 Å². The number of nitriles is 1. The van der Waals surface area contributed by atoms with Crippen LogP contribution in [0.4, 0.5) is 10.5 Å². The van der Waals surface area contributed by atoms with E-state index in [0.29, 0.717) is 5.69 Å². The summed E-state index contributed by atoms with van der Waals surface area (Å²) >= 11 is 0. The van der Waals surface area contributed by atoms with Gasteiger partial charge in [0.05, 0.1) is 23.9 Å². The van der Waals surface area contributed by atoms with Crippen LogP contribution in [0.1, 0.15) is 66.2 Å². The van der Waals surface area contributed by atoms with Gasteiger partial charge in [-0.05, 0) is 81.7 Å². The number of carbonyl (C=O) groups excluding carboxylic acids is 1. The zero-order valence-electron chi connectivity index (χ0n) is 18.6. The third-order valence-electron chi connectivity index (χ3n) is 6.20. The Morgan fingerprint density at radius 1 is 1.25 bits per heavy atom. The number of carbonyl (C=O) groups is 1. The molecule has 1 atom stereocenters. The SMILES string of the molecule is CNS(=O)(=NC(=O)Nc1c2c(c(C#N)c3c1CCC3)CCC2)c1cc(CO)n(C(C)C)n1. The second-order valence-corrected chi connectivity index (χ2v) is 10.5. The average molecular weight is 457 g/mol. The van der Waals surface area contributed by atoms with Gasteiger partial charge < -0.3 is 10.4 Å². The maximum Gasteiger partial charge on any atom is 0.354 e. The molecule has 0 spiro atoms. The topological polar surface area (TPSA) is 132 Å². The van der Waals surface area contributed by atoms with Crippen molar-refractivity contribution >= 4 is 21.6 Å². The second-order valence-electron chi connectivity index (χ2n) is 8.40. The number of nitrogens with zero attached hydrogens (tertiary/aromatic N) is 4. The summed E-state index contributed by atoms with van der Waals surface area (Å²) in [5.74, 6) is 0. The monoisotopic (exact) mass is 456 g/mol. The Hall–Kier alpha value is -2.74. The Morgan fingerprint density at radius 3 is 2.31 bits per heavy atom. The summed E-state index contributed by atoms with van der Waals surface area (Å²) in [4.78, 5) is 13.0. The maximum absolute atomic E-state index is 13.5. The van der Waals surface area contributed by atoms with Gasteiger partial charge in [-0.2, -0.15) is 10.4 Å². The third-order valence-corrected chi connectivity index (χ3v) is 7.94. The number of urea groups is 1. The minimum Gasteiger partial charge on any atom is -0.390 e. The lowest BCUT2D eigenvalue weighted by atomic mass is 9.93. The fraction of sp³-hybridized carbons (Fsp3) is 0.500. The zero-order valence-corrected chi connectivity index (χ0v) is 19.4. The van der Waals surface area contributed by atoms with Gasteiger partial charge in [-0.25, -0.2) is 13.7 Å². The van der Waals surface area contributed by atoms with Gasteiger partial charge >= 0.3 is 6.03 Å². The number of rotatable bonds is 5. The highest BCUT2D eigenvalue weighted by Gasteiger charge is 2.30. The number of aromatic nitrogens is 2. The van der Waals surface area contributed by atoms with Gasteiger partial charge in [-0.1, -0.05) is 0 Å². The Labute approximate surface area is 188 Å². The van der Waals surface area contributed by atoms with Crippen molar-refractivity contribution < 1.29 is 14.1 Å². The summed E-state index contributed by atoms with van der Waals surface area (Å²) in [6, 6.07) is 3.11. The van der Waals surface area contributed by atoms with E-state index in [0.717, 1.165) is 72.0 Å². The second kappa shape index (κ2) is 8.65. The molecule has 2 amide bonds. The van der Waals surface area contributed by atoms with Crippen LogP contribution < -0.4 is 10.0 Å². The smallest absolute Gasteiger partial charge is 0.354 e. The summed E-state index contributed by atoms with van der Waals surface area (Å²) < 4.78 is 21.7. The van der Waals surface area contributed by atoms with Crippen molar-refractivity contribution in [3.63, 3.8) is 0 Å². The molecule has 2 aromatic rings. The number of amides is 2. The van der Waals surface area contributed by atoms with Crippen molar-refractivity contribution in [2.45, 2.75) is 70.0 Å². The molecule has 32 heavy (non-hydrogen) atoms. The molecule has 3 N–H and O–H groups in total. The lowest BCUT2D eigenvalue weighted by Gasteiger charge is -2.17. The number of anilines is 1. The van der Waals surface area contributed by atoms with Crippen molar-refractivity contribution in [2.75, 3.05) is 12.4 Å². The van der Waals surface area contributed by atoms with Gasteiger partial charge in [-0.15, -0.1) is 4.36 Å². The first-order valence-electron chi connectivity index (χ1n) is 10.9. The molecule has 2 aliphatic rings. The van der Waals surface area contributed by atoms with E-state index in [2.05, 4.69) is 25.6 Å². The molecule has 1 aromatic carbocycles. The maximum atomic E-state index is 13.5. The first kappa shape index (κ1) is 22.5. The third kappa shape index (κ3) is 3.70. The first-order valence-corrected chi connectivity index (χ1v) is 12.4. The van der Waals surface area contributed by atoms with E-state index in [9.17, 15) is 19.4 Å². The highest BCUT2D eigenvalue weighted by atomic mass is 32.2. The molecular weight excluding hydrogens is 428 g/mol. The summed E-state index contributed by atoms with van der Waals surface area (Å²) in [5, 5.41) is 26.6. The van der Waals surface area contributed by atoms with Crippen LogP contribution in [0.25, 0.3) is 0 Å². The standard InChI is InChI=1S/C22H28N6O3S/c1-13(2)28-14(12-29)10-20(26-28)32(31,24-3)27-22(30)25-21-17-8-4-6-15(17)19(11-23)16-7-5-9-18(16)21/h10,13,29H,4-9,12H2,1-3H3,(H2,24,25,27,30,31). The molecule has 0 bridgehead atoms. The van der Waals surface area contributed by atoms with E-state index in [1.807, 2.05) is 13.8 Å². The molecule has 0 aliphatic heterocycles. The predicted molar refractivity (Wildman–Crippen MR) is 121 cm³/mol. The number of fused-ring (bicyclic) bond motifs is 2. The van der Waals surface area contributed by atoms with Crippen molar-refractivity contribution in [2.24, 2.45) is 4.36 Å². The molecule has 0 saturated heterocycles. The van der Waals surface area contributed by atoms with Crippen LogP contribution in [0, 0.1) is 11.3 Å². The van der Waals surface area contributed by atoms with Gasteiger partial charge in [-0.3, -0.25) is 4.68 Å². The van der Waals surface area contributed by atoms with E-state index in [1.54, 1.807) is 4.68 Å². The van der Waals surface area contributed by atoms with Crippen molar-refractivity contribution in [1.29, 1.82) is 5.26 Å². The van der Waals surface area contributed by atoms with Crippen molar-refractivity contribution in [3.05, 3.63) is 39.6 Å². The number of benzene rings is 1. The van der Waals surface area contributed by atoms with Crippen LogP contribution in [-0.4, -0.2) is 32.2 Å². The Morgan fingerprint density at radius 2 is 1.84 bits per heavy atom. The quantitative estimate of drug-likeness (QED) is 0.636. The fourth-order valence-electron chi connectivity index (χ4n) is 4.79. The minimum absolute atomic E-state index is 0.0518. The molecular formula is C22H28N6O3S. The van der Waals surface area contributed by atoms with Gasteiger partial charge in [0.15, 0.2) is 14.9 Å².